The van der Waals surface area contributed by atoms with Crippen LogP contribution in [0.1, 0.15) is 79.8 Å². The summed E-state index contributed by atoms with van der Waals surface area (Å²) in [6.45, 7) is 14.9. The molecule has 1 amide bonds. The van der Waals surface area contributed by atoms with Crippen LogP contribution in [0.5, 0.6) is 5.75 Å². The first kappa shape index (κ1) is 24.6. The molecule has 2 rings (SSSR count). The topological polar surface area (TPSA) is 76.7 Å². The summed E-state index contributed by atoms with van der Waals surface area (Å²) in [7, 11) is -1.30. The SMILES string of the molecule is C[C@@H](NS(=O)C(C)(C)C)c1cc(F)ccc1OC1CC(C)(NC(=O)OC(C)(C)C)C1. The van der Waals surface area contributed by atoms with Gasteiger partial charge in [0.05, 0.1) is 15.7 Å². The summed E-state index contributed by atoms with van der Waals surface area (Å²) in [5.41, 5.74) is -0.356. The zero-order chi connectivity index (χ0) is 22.9. The maximum absolute atomic E-state index is 13.9. The van der Waals surface area contributed by atoms with Gasteiger partial charge in [0.1, 0.15) is 23.3 Å². The van der Waals surface area contributed by atoms with Crippen molar-refractivity contribution in [3.63, 3.8) is 0 Å². The minimum absolute atomic E-state index is 0.116. The zero-order valence-corrected chi connectivity index (χ0v) is 20.0. The van der Waals surface area contributed by atoms with Crippen LogP contribution in [-0.4, -0.2) is 32.3 Å². The van der Waals surface area contributed by atoms with Crippen LogP contribution in [0.15, 0.2) is 18.2 Å². The van der Waals surface area contributed by atoms with E-state index in [9.17, 15) is 13.4 Å². The molecule has 170 valence electrons. The van der Waals surface area contributed by atoms with E-state index >= 15 is 0 Å². The molecule has 1 unspecified atom stereocenters. The lowest BCUT2D eigenvalue weighted by Gasteiger charge is -2.45. The number of benzene rings is 1. The first-order valence-corrected chi connectivity index (χ1v) is 11.4. The molecule has 0 saturated heterocycles. The van der Waals surface area contributed by atoms with E-state index in [2.05, 4.69) is 10.0 Å². The molecule has 1 saturated carbocycles. The highest BCUT2D eigenvalue weighted by atomic mass is 32.2. The quantitative estimate of drug-likeness (QED) is 0.666. The van der Waals surface area contributed by atoms with Crippen molar-refractivity contribution in [3.05, 3.63) is 29.6 Å². The molecule has 0 radical (unpaired) electrons. The van der Waals surface area contributed by atoms with E-state index in [4.69, 9.17) is 9.47 Å². The van der Waals surface area contributed by atoms with Crippen LogP contribution in [0, 0.1) is 5.82 Å². The van der Waals surface area contributed by atoms with Crippen molar-refractivity contribution in [2.24, 2.45) is 0 Å². The summed E-state index contributed by atoms with van der Waals surface area (Å²) in [5, 5.41) is 2.90. The van der Waals surface area contributed by atoms with E-state index in [0.29, 0.717) is 24.2 Å². The monoisotopic (exact) mass is 442 g/mol. The molecule has 2 atom stereocenters. The standard InChI is InChI=1S/C22H35FN2O4S/c1-14(25-30(27)21(5,6)7)17-11-15(23)9-10-18(17)28-16-12-22(8,13-16)24-19(26)29-20(2,3)4/h9-11,14,16,25H,12-13H2,1-8H3,(H,24,26)/t14-,16?,22?,30?/m1/s1. The second kappa shape index (κ2) is 8.83. The molecule has 30 heavy (non-hydrogen) atoms. The average molecular weight is 443 g/mol. The van der Waals surface area contributed by atoms with Crippen LogP contribution in [0.4, 0.5) is 9.18 Å². The van der Waals surface area contributed by atoms with E-state index < -0.39 is 33.0 Å². The molecule has 0 spiro atoms. The lowest BCUT2D eigenvalue weighted by Crippen LogP contribution is -2.59. The van der Waals surface area contributed by atoms with E-state index in [-0.39, 0.29) is 18.0 Å². The molecule has 1 aliphatic rings. The molecule has 6 nitrogen and oxygen atoms in total. The molecule has 1 aromatic rings. The van der Waals surface area contributed by atoms with Gasteiger partial charge in [0.2, 0.25) is 0 Å². The van der Waals surface area contributed by atoms with Crippen LogP contribution in [0.3, 0.4) is 0 Å². The third-order valence-corrected chi connectivity index (χ3v) is 6.41. The molecule has 8 heteroatoms. The van der Waals surface area contributed by atoms with Gasteiger partial charge in [-0.3, -0.25) is 0 Å². The second-order valence-corrected chi connectivity index (χ2v) is 12.2. The maximum atomic E-state index is 13.9. The van der Waals surface area contributed by atoms with Crippen LogP contribution in [0.25, 0.3) is 0 Å². The molecule has 0 heterocycles. The van der Waals surface area contributed by atoms with Crippen molar-refractivity contribution in [3.8, 4) is 5.75 Å². The highest BCUT2D eigenvalue weighted by molar-refractivity contribution is 7.84. The van der Waals surface area contributed by atoms with Gasteiger partial charge in [-0.25, -0.2) is 18.1 Å². The van der Waals surface area contributed by atoms with Crippen molar-refractivity contribution < 1.29 is 22.9 Å². The molecule has 0 aliphatic heterocycles. The van der Waals surface area contributed by atoms with E-state index in [1.807, 2.05) is 55.4 Å². The number of hydrogen-bond donors (Lipinski definition) is 2. The highest BCUT2D eigenvalue weighted by Gasteiger charge is 2.44. The number of amides is 1. The summed E-state index contributed by atoms with van der Waals surface area (Å²) >= 11 is 0. The Hall–Kier alpha value is -1.67. The lowest BCUT2D eigenvalue weighted by atomic mass is 9.76. The molecule has 1 aromatic carbocycles. The van der Waals surface area contributed by atoms with Crippen molar-refractivity contribution in [1.82, 2.24) is 10.0 Å². The van der Waals surface area contributed by atoms with Gasteiger partial charge in [-0.05, 0) is 73.6 Å². The van der Waals surface area contributed by atoms with Crippen LogP contribution in [0.2, 0.25) is 0 Å². The minimum atomic E-state index is -1.30. The molecule has 0 aromatic heterocycles. The van der Waals surface area contributed by atoms with Gasteiger partial charge in [0.25, 0.3) is 0 Å². The van der Waals surface area contributed by atoms with Gasteiger partial charge in [-0.15, -0.1) is 0 Å². The van der Waals surface area contributed by atoms with Gasteiger partial charge >= 0.3 is 6.09 Å². The Morgan fingerprint density at radius 3 is 2.37 bits per heavy atom. The predicted molar refractivity (Wildman–Crippen MR) is 117 cm³/mol. The molecule has 2 N–H and O–H groups in total. The van der Waals surface area contributed by atoms with Gasteiger partial charge in [-0.1, -0.05) is 0 Å². The fourth-order valence-corrected chi connectivity index (χ4v) is 4.03. The predicted octanol–water partition coefficient (Wildman–Crippen LogP) is 4.76. The van der Waals surface area contributed by atoms with Crippen molar-refractivity contribution in [1.29, 1.82) is 0 Å². The summed E-state index contributed by atoms with van der Waals surface area (Å²) in [4.78, 5) is 12.0. The van der Waals surface area contributed by atoms with Crippen molar-refractivity contribution in [2.75, 3.05) is 0 Å². The number of alkyl carbamates (subject to hydrolysis) is 1. The highest BCUT2D eigenvalue weighted by Crippen LogP contribution is 2.37. The zero-order valence-electron chi connectivity index (χ0n) is 19.2. The average Bonchev–Trinajstić information content (AvgIpc) is 2.51. The number of carbonyl (C=O) groups excluding carboxylic acids is 1. The Kier molecular flexibility index (Phi) is 7.24. The number of hydrogen-bond acceptors (Lipinski definition) is 4. The van der Waals surface area contributed by atoms with Gasteiger partial charge < -0.3 is 14.8 Å². The summed E-state index contributed by atoms with van der Waals surface area (Å²) in [6, 6.07) is 3.99. The first-order chi connectivity index (χ1) is 13.6. The van der Waals surface area contributed by atoms with E-state index in [0.717, 1.165) is 0 Å². The normalized spacial score (nSPS) is 23.8. The maximum Gasteiger partial charge on any atom is 0.408 e. The number of nitrogens with one attached hydrogen (secondary N) is 2. The van der Waals surface area contributed by atoms with Crippen molar-refractivity contribution in [2.45, 2.75) is 96.3 Å². The summed E-state index contributed by atoms with van der Waals surface area (Å²) in [6.07, 6.45) is 0.653. The Morgan fingerprint density at radius 2 is 1.83 bits per heavy atom. The minimum Gasteiger partial charge on any atom is -0.490 e. The van der Waals surface area contributed by atoms with Gasteiger partial charge in [-0.2, -0.15) is 0 Å². The van der Waals surface area contributed by atoms with Crippen molar-refractivity contribution >= 4 is 17.1 Å². The summed E-state index contributed by atoms with van der Waals surface area (Å²) in [5.74, 6) is 0.171. The van der Waals surface area contributed by atoms with Gasteiger partial charge in [0.15, 0.2) is 0 Å². The Balaban J connectivity index is 2.02. The molecular formula is C22H35FN2O4S. The second-order valence-electron chi connectivity index (χ2n) is 10.2. The van der Waals surface area contributed by atoms with Gasteiger partial charge in [0, 0.05) is 30.0 Å². The Labute approximate surface area is 181 Å². The Bertz CT molecular complexity index is 795. The number of halogens is 1. The molecule has 1 fully saturated rings. The van der Waals surface area contributed by atoms with Crippen LogP contribution < -0.4 is 14.8 Å². The fraction of sp³-hybridized carbons (Fsp3) is 0.682. The fourth-order valence-electron chi connectivity index (χ4n) is 3.23. The summed E-state index contributed by atoms with van der Waals surface area (Å²) < 4.78 is 40.3. The first-order valence-electron chi connectivity index (χ1n) is 10.2. The van der Waals surface area contributed by atoms with E-state index in [1.54, 1.807) is 6.07 Å². The van der Waals surface area contributed by atoms with Crippen LogP contribution in [-0.2, 0) is 15.7 Å². The Morgan fingerprint density at radius 1 is 1.23 bits per heavy atom. The molecular weight excluding hydrogens is 407 g/mol. The van der Waals surface area contributed by atoms with Crippen LogP contribution >= 0.6 is 0 Å². The number of carbonyl (C=O) groups is 1. The largest absolute Gasteiger partial charge is 0.490 e. The number of rotatable bonds is 6. The third-order valence-electron chi connectivity index (χ3n) is 4.73. The third kappa shape index (κ3) is 6.94. The smallest absolute Gasteiger partial charge is 0.408 e. The number of ether oxygens (including phenoxy) is 2. The van der Waals surface area contributed by atoms with E-state index in [1.165, 1.54) is 12.1 Å². The molecule has 1 aliphatic carbocycles. The molecule has 0 bridgehead atoms. The lowest BCUT2D eigenvalue weighted by molar-refractivity contribution is 0.00864.